The van der Waals surface area contributed by atoms with Crippen molar-refractivity contribution in [3.63, 3.8) is 0 Å². The number of aromatic nitrogens is 2. The highest BCUT2D eigenvalue weighted by Gasteiger charge is 2.31. The third-order valence-electron chi connectivity index (χ3n) is 5.07. The molecular weight excluding hydrogens is 380 g/mol. The molecule has 7 heteroatoms. The van der Waals surface area contributed by atoms with Crippen molar-refractivity contribution in [3.8, 4) is 22.6 Å². The van der Waals surface area contributed by atoms with Crippen LogP contribution in [0.2, 0.25) is 0 Å². The molecule has 1 amide bonds. The molecule has 3 rings (SSSR count). The largest absolute Gasteiger partial charge is 0.493 e. The highest BCUT2D eigenvalue weighted by atomic mass is 16.5. The van der Waals surface area contributed by atoms with E-state index in [1.165, 1.54) is 0 Å². The van der Waals surface area contributed by atoms with Gasteiger partial charge in [0, 0.05) is 37.2 Å². The first-order valence-corrected chi connectivity index (χ1v) is 9.62. The normalized spacial score (nSPS) is 11.1. The van der Waals surface area contributed by atoms with E-state index in [2.05, 4.69) is 10.4 Å². The number of hydrogen-bond acceptors (Lipinski definition) is 5. The van der Waals surface area contributed by atoms with Gasteiger partial charge in [-0.15, -0.1) is 0 Å². The second-order valence-corrected chi connectivity index (χ2v) is 7.70. The summed E-state index contributed by atoms with van der Waals surface area (Å²) < 4.78 is 12.3. The molecule has 1 N–H and O–H groups in total. The minimum Gasteiger partial charge on any atom is -0.493 e. The van der Waals surface area contributed by atoms with Gasteiger partial charge in [-0.05, 0) is 55.8 Å². The smallest absolute Gasteiger partial charge is 0.251 e. The maximum atomic E-state index is 13.0. The van der Waals surface area contributed by atoms with E-state index in [4.69, 9.17) is 9.47 Å². The summed E-state index contributed by atoms with van der Waals surface area (Å²) in [6.45, 7) is 3.67. The zero-order valence-electron chi connectivity index (χ0n) is 18.3. The molecule has 0 unspecified atom stereocenters. The number of ether oxygens (including phenoxy) is 2. The Morgan fingerprint density at radius 3 is 2.27 bits per heavy atom. The fourth-order valence-electron chi connectivity index (χ4n) is 3.02. The van der Waals surface area contributed by atoms with Crippen molar-refractivity contribution in [1.82, 2.24) is 9.78 Å². The highest BCUT2D eigenvalue weighted by molar-refractivity contribution is 5.96. The predicted octanol–water partition coefficient (Wildman–Crippen LogP) is 4.01. The number of amides is 1. The molecule has 158 valence electrons. The highest BCUT2D eigenvalue weighted by Crippen LogP contribution is 2.32. The van der Waals surface area contributed by atoms with Gasteiger partial charge in [0.2, 0.25) is 0 Å². The van der Waals surface area contributed by atoms with E-state index in [0.29, 0.717) is 11.5 Å². The molecule has 2 aromatic carbocycles. The third-order valence-corrected chi connectivity index (χ3v) is 5.07. The van der Waals surface area contributed by atoms with E-state index in [1.54, 1.807) is 25.1 Å². The summed E-state index contributed by atoms with van der Waals surface area (Å²) in [6.07, 6.45) is 3.60. The van der Waals surface area contributed by atoms with Crippen molar-refractivity contribution in [2.75, 3.05) is 38.5 Å². The predicted molar refractivity (Wildman–Crippen MR) is 119 cm³/mol. The fourth-order valence-corrected chi connectivity index (χ4v) is 3.02. The van der Waals surface area contributed by atoms with Gasteiger partial charge in [-0.3, -0.25) is 9.48 Å². The van der Waals surface area contributed by atoms with E-state index >= 15 is 0 Å². The van der Waals surface area contributed by atoms with Crippen LogP contribution in [0.25, 0.3) is 11.1 Å². The second kappa shape index (κ2) is 8.49. The van der Waals surface area contributed by atoms with E-state index in [1.807, 2.05) is 81.5 Å². The average molecular weight is 409 g/mol. The molecule has 1 aromatic heterocycles. The van der Waals surface area contributed by atoms with Crippen LogP contribution in [0, 0.1) is 0 Å². The summed E-state index contributed by atoms with van der Waals surface area (Å²) in [5, 5.41) is 7.41. The second-order valence-electron chi connectivity index (χ2n) is 7.70. The Labute approximate surface area is 177 Å². The quantitative estimate of drug-likeness (QED) is 0.640. The Hall–Kier alpha value is -3.48. The lowest BCUT2D eigenvalue weighted by Crippen LogP contribution is -2.40. The molecule has 30 heavy (non-hydrogen) atoms. The van der Waals surface area contributed by atoms with Crippen LogP contribution in [-0.2, 0) is 10.3 Å². The number of nitrogens with zero attached hydrogens (tertiary/aromatic N) is 3. The molecule has 3 aromatic rings. The van der Waals surface area contributed by atoms with Crippen molar-refractivity contribution < 1.29 is 14.3 Å². The lowest BCUT2D eigenvalue weighted by Gasteiger charge is -2.24. The zero-order valence-corrected chi connectivity index (χ0v) is 18.3. The molecule has 0 atom stereocenters. The first kappa shape index (κ1) is 21.2. The van der Waals surface area contributed by atoms with Gasteiger partial charge >= 0.3 is 0 Å². The first-order valence-electron chi connectivity index (χ1n) is 9.62. The first-order chi connectivity index (χ1) is 14.3. The van der Waals surface area contributed by atoms with Crippen LogP contribution in [-0.4, -0.2) is 44.0 Å². The summed E-state index contributed by atoms with van der Waals surface area (Å²) in [6, 6.07) is 13.4. The monoisotopic (exact) mass is 408 g/mol. The van der Waals surface area contributed by atoms with Gasteiger partial charge in [0.15, 0.2) is 11.5 Å². The number of carbonyl (C=O) groups is 1. The average Bonchev–Trinajstić information content (AvgIpc) is 3.24. The van der Waals surface area contributed by atoms with Gasteiger partial charge in [-0.1, -0.05) is 6.07 Å². The molecular formula is C23H28N4O3. The number of hydrogen-bond donors (Lipinski definition) is 1. The molecule has 0 saturated heterocycles. The molecule has 0 aliphatic carbocycles. The summed E-state index contributed by atoms with van der Waals surface area (Å²) >= 11 is 0. The molecule has 1 heterocycles. The van der Waals surface area contributed by atoms with E-state index < -0.39 is 5.54 Å². The summed E-state index contributed by atoms with van der Waals surface area (Å²) in [7, 11) is 7.16. The molecule has 0 aliphatic heterocycles. The number of methoxy groups -OCH3 is 2. The number of nitrogens with one attached hydrogen (secondary N) is 1. The Balaban J connectivity index is 1.80. The standard InChI is InChI=1S/C23H28N4O3/c1-23(2,22(28)25-18-8-10-19(11-9-18)26(3)4)27-15-17(14-24-27)16-7-12-20(29-5)21(13-16)30-6/h7-15H,1-6H3,(H,25,28). The van der Waals surface area contributed by atoms with Crippen molar-refractivity contribution in [3.05, 3.63) is 54.9 Å². The number of benzene rings is 2. The SMILES string of the molecule is COc1ccc(-c2cnn(C(C)(C)C(=O)Nc3ccc(N(C)C)cc3)c2)cc1OC. The van der Waals surface area contributed by atoms with Gasteiger partial charge in [-0.25, -0.2) is 0 Å². The molecule has 0 aliphatic rings. The molecule has 0 radical (unpaired) electrons. The summed E-state index contributed by atoms with van der Waals surface area (Å²) in [5.41, 5.74) is 2.74. The van der Waals surface area contributed by atoms with Gasteiger partial charge in [0.1, 0.15) is 5.54 Å². The Bertz CT molecular complexity index is 1020. The van der Waals surface area contributed by atoms with Crippen LogP contribution in [0.4, 0.5) is 11.4 Å². The van der Waals surface area contributed by atoms with Crippen LogP contribution >= 0.6 is 0 Å². The maximum Gasteiger partial charge on any atom is 0.251 e. The number of rotatable bonds is 7. The summed E-state index contributed by atoms with van der Waals surface area (Å²) in [4.78, 5) is 15.0. The molecule has 7 nitrogen and oxygen atoms in total. The lowest BCUT2D eigenvalue weighted by molar-refractivity contribution is -0.123. The fraction of sp³-hybridized carbons (Fsp3) is 0.304. The van der Waals surface area contributed by atoms with Crippen molar-refractivity contribution in [2.45, 2.75) is 19.4 Å². The van der Waals surface area contributed by atoms with Crippen molar-refractivity contribution >= 4 is 17.3 Å². The van der Waals surface area contributed by atoms with Crippen molar-refractivity contribution in [1.29, 1.82) is 0 Å². The van der Waals surface area contributed by atoms with Crippen LogP contribution in [0.15, 0.2) is 54.9 Å². The Morgan fingerprint density at radius 1 is 1.00 bits per heavy atom. The molecule has 0 fully saturated rings. The van der Waals surface area contributed by atoms with Crippen LogP contribution in [0.1, 0.15) is 13.8 Å². The summed E-state index contributed by atoms with van der Waals surface area (Å²) in [5.74, 6) is 1.15. The van der Waals surface area contributed by atoms with Gasteiger partial charge < -0.3 is 19.7 Å². The Morgan fingerprint density at radius 2 is 1.67 bits per heavy atom. The molecule has 0 bridgehead atoms. The van der Waals surface area contributed by atoms with Gasteiger partial charge in [0.25, 0.3) is 5.91 Å². The molecule has 0 spiro atoms. The van der Waals surface area contributed by atoms with E-state index in [-0.39, 0.29) is 5.91 Å². The lowest BCUT2D eigenvalue weighted by atomic mass is 10.0. The van der Waals surface area contributed by atoms with Crippen LogP contribution in [0.3, 0.4) is 0 Å². The number of carbonyl (C=O) groups excluding carboxylic acids is 1. The van der Waals surface area contributed by atoms with Gasteiger partial charge in [0.05, 0.1) is 20.4 Å². The van der Waals surface area contributed by atoms with Crippen molar-refractivity contribution in [2.24, 2.45) is 0 Å². The minimum absolute atomic E-state index is 0.151. The van der Waals surface area contributed by atoms with E-state index in [0.717, 1.165) is 22.5 Å². The Kier molecular flexibility index (Phi) is 6.01. The molecule has 0 saturated carbocycles. The number of anilines is 2. The van der Waals surface area contributed by atoms with Gasteiger partial charge in [-0.2, -0.15) is 5.10 Å². The zero-order chi connectivity index (χ0) is 21.9. The minimum atomic E-state index is -0.880. The maximum absolute atomic E-state index is 13.0. The van der Waals surface area contributed by atoms with Crippen LogP contribution in [0.5, 0.6) is 11.5 Å². The van der Waals surface area contributed by atoms with E-state index in [9.17, 15) is 4.79 Å². The van der Waals surface area contributed by atoms with Crippen LogP contribution < -0.4 is 19.7 Å². The topological polar surface area (TPSA) is 68.6 Å². The third kappa shape index (κ3) is 4.25.